The Kier molecular flexibility index (Phi) is 2.55. The van der Waals surface area contributed by atoms with Crippen LogP contribution in [0.25, 0.3) is 11.2 Å². The van der Waals surface area contributed by atoms with Crippen LogP contribution in [0.4, 0.5) is 5.95 Å². The molecule has 1 aliphatic heterocycles. The largest absolute Gasteiger partial charge is 0.369 e. The Morgan fingerprint density at radius 2 is 2.17 bits per heavy atom. The molecule has 1 fully saturated rings. The lowest BCUT2D eigenvalue weighted by Gasteiger charge is -2.26. The van der Waals surface area contributed by atoms with Gasteiger partial charge in [-0.25, -0.2) is 4.98 Å². The van der Waals surface area contributed by atoms with Gasteiger partial charge in [-0.05, 0) is 25.3 Å². The number of nitrogens with two attached hydrogens (primary N) is 1. The molecule has 7 heteroatoms. The summed E-state index contributed by atoms with van der Waals surface area (Å²) in [6, 6.07) is 0.156. The lowest BCUT2D eigenvalue weighted by molar-refractivity contribution is 0.317. The third kappa shape index (κ3) is 1.86. The van der Waals surface area contributed by atoms with Gasteiger partial charge >= 0.3 is 0 Å². The minimum absolute atomic E-state index is 0.0931. The Bertz CT molecular complexity index is 630. The number of imidazole rings is 1. The number of nitrogen functional groups attached to an aromatic ring is 1. The second kappa shape index (κ2) is 4.09. The second-order valence-electron chi connectivity index (χ2n) is 4.91. The molecule has 3 heterocycles. The van der Waals surface area contributed by atoms with E-state index in [1.54, 1.807) is 0 Å². The van der Waals surface area contributed by atoms with E-state index in [1.165, 1.54) is 6.42 Å². The fourth-order valence-electron chi connectivity index (χ4n) is 2.42. The van der Waals surface area contributed by atoms with Crippen LogP contribution in [0.2, 0.25) is 0 Å². The summed E-state index contributed by atoms with van der Waals surface area (Å²) >= 11 is 0. The zero-order valence-electron chi connectivity index (χ0n) is 10.2. The Morgan fingerprint density at radius 1 is 1.33 bits per heavy atom. The molecule has 2 aromatic heterocycles. The van der Waals surface area contributed by atoms with E-state index in [0.717, 1.165) is 18.8 Å². The van der Waals surface area contributed by atoms with Crippen LogP contribution in [0.3, 0.4) is 0 Å². The van der Waals surface area contributed by atoms with Gasteiger partial charge in [-0.3, -0.25) is 9.78 Å². The Labute approximate surface area is 103 Å². The number of rotatable bonds is 1. The molecule has 2 aromatic rings. The van der Waals surface area contributed by atoms with Crippen molar-refractivity contribution in [3.8, 4) is 0 Å². The van der Waals surface area contributed by atoms with Crippen molar-refractivity contribution in [1.82, 2.24) is 25.3 Å². The fourth-order valence-corrected chi connectivity index (χ4v) is 2.42. The average molecular weight is 248 g/mol. The predicted octanol–water partition coefficient (Wildman–Crippen LogP) is 0.289. The van der Waals surface area contributed by atoms with E-state index in [1.807, 2.05) is 0 Å². The number of anilines is 1. The van der Waals surface area contributed by atoms with Crippen molar-refractivity contribution < 1.29 is 0 Å². The van der Waals surface area contributed by atoms with Gasteiger partial charge in [0.25, 0.3) is 5.56 Å². The van der Waals surface area contributed by atoms with E-state index in [4.69, 9.17) is 5.73 Å². The maximum absolute atomic E-state index is 11.7. The van der Waals surface area contributed by atoms with E-state index < -0.39 is 0 Å². The Hall–Kier alpha value is -1.89. The third-order valence-electron chi connectivity index (χ3n) is 3.39. The molecule has 0 aromatic carbocycles. The first kappa shape index (κ1) is 11.2. The number of nitrogens with zero attached hydrogens (tertiary/aromatic N) is 2. The van der Waals surface area contributed by atoms with Gasteiger partial charge in [0.1, 0.15) is 5.82 Å². The monoisotopic (exact) mass is 248 g/mol. The van der Waals surface area contributed by atoms with Crippen LogP contribution in [0.1, 0.15) is 31.6 Å². The molecule has 5 N–H and O–H groups in total. The highest BCUT2D eigenvalue weighted by Crippen LogP contribution is 2.25. The number of fused-ring (bicyclic) bond motifs is 1. The molecule has 18 heavy (non-hydrogen) atoms. The van der Waals surface area contributed by atoms with Crippen molar-refractivity contribution in [2.75, 3.05) is 12.3 Å². The number of hydrogen-bond donors (Lipinski definition) is 4. The van der Waals surface area contributed by atoms with E-state index in [2.05, 4.69) is 32.2 Å². The molecule has 1 aliphatic rings. The molecule has 0 bridgehead atoms. The SMILES string of the molecule is CC1CCNC(c2nc3nc(N)[nH]c(=O)c3[nH]2)C1. The van der Waals surface area contributed by atoms with E-state index in [0.29, 0.717) is 17.1 Å². The molecule has 0 radical (unpaired) electrons. The molecule has 96 valence electrons. The molecule has 1 saturated heterocycles. The van der Waals surface area contributed by atoms with Gasteiger partial charge in [-0.2, -0.15) is 4.98 Å². The molecule has 7 nitrogen and oxygen atoms in total. The van der Waals surface area contributed by atoms with Gasteiger partial charge in [0.05, 0.1) is 6.04 Å². The molecule has 0 aliphatic carbocycles. The van der Waals surface area contributed by atoms with Gasteiger partial charge < -0.3 is 16.0 Å². The smallest absolute Gasteiger partial charge is 0.278 e. The van der Waals surface area contributed by atoms with Crippen molar-refractivity contribution in [3.63, 3.8) is 0 Å². The van der Waals surface area contributed by atoms with Crippen molar-refractivity contribution in [3.05, 3.63) is 16.2 Å². The van der Waals surface area contributed by atoms with Crippen LogP contribution >= 0.6 is 0 Å². The van der Waals surface area contributed by atoms with E-state index >= 15 is 0 Å². The average Bonchev–Trinajstić information content (AvgIpc) is 2.73. The maximum atomic E-state index is 11.7. The number of nitrogens with one attached hydrogen (secondary N) is 3. The van der Waals surface area contributed by atoms with Crippen molar-refractivity contribution in [2.45, 2.75) is 25.8 Å². The van der Waals surface area contributed by atoms with Crippen molar-refractivity contribution in [1.29, 1.82) is 0 Å². The number of aromatic nitrogens is 4. The van der Waals surface area contributed by atoms with Crippen LogP contribution in [0.5, 0.6) is 0 Å². The molecule has 2 unspecified atom stereocenters. The summed E-state index contributed by atoms with van der Waals surface area (Å²) in [5.41, 5.74) is 5.99. The number of H-pyrrole nitrogens is 2. The fraction of sp³-hybridized carbons (Fsp3) is 0.545. The van der Waals surface area contributed by atoms with Crippen LogP contribution in [-0.4, -0.2) is 26.5 Å². The van der Waals surface area contributed by atoms with E-state index in [9.17, 15) is 4.79 Å². The lowest BCUT2D eigenvalue weighted by Crippen LogP contribution is -2.31. The zero-order chi connectivity index (χ0) is 12.7. The number of hydrogen-bond acceptors (Lipinski definition) is 5. The Morgan fingerprint density at radius 3 is 2.94 bits per heavy atom. The zero-order valence-corrected chi connectivity index (χ0v) is 10.2. The third-order valence-corrected chi connectivity index (χ3v) is 3.39. The van der Waals surface area contributed by atoms with Crippen LogP contribution in [-0.2, 0) is 0 Å². The topological polar surface area (TPSA) is 112 Å². The molecule has 2 atom stereocenters. The summed E-state index contributed by atoms with van der Waals surface area (Å²) in [4.78, 5) is 25.6. The second-order valence-corrected chi connectivity index (χ2v) is 4.91. The number of aromatic amines is 2. The minimum atomic E-state index is -0.278. The van der Waals surface area contributed by atoms with Crippen LogP contribution in [0.15, 0.2) is 4.79 Å². The minimum Gasteiger partial charge on any atom is -0.369 e. The highest BCUT2D eigenvalue weighted by atomic mass is 16.1. The summed E-state index contributed by atoms with van der Waals surface area (Å²) in [7, 11) is 0. The first-order valence-electron chi connectivity index (χ1n) is 6.12. The Balaban J connectivity index is 2.03. The highest BCUT2D eigenvalue weighted by molar-refractivity contribution is 5.70. The molecular formula is C11H16N6O. The first-order valence-corrected chi connectivity index (χ1v) is 6.12. The molecule has 0 amide bonds. The summed E-state index contributed by atoms with van der Waals surface area (Å²) in [5.74, 6) is 1.51. The predicted molar refractivity (Wildman–Crippen MR) is 68.1 cm³/mol. The molecule has 0 saturated carbocycles. The summed E-state index contributed by atoms with van der Waals surface area (Å²) < 4.78 is 0. The van der Waals surface area contributed by atoms with Crippen LogP contribution < -0.4 is 16.6 Å². The summed E-state index contributed by atoms with van der Waals surface area (Å²) in [5, 5.41) is 3.40. The standard InChI is InChI=1S/C11H16N6O/c1-5-2-3-13-6(4-5)8-14-7-9(15-8)16-11(12)17-10(7)18/h5-6,13H,2-4H2,1H3,(H4,12,14,15,16,17,18). The van der Waals surface area contributed by atoms with Crippen LogP contribution in [0, 0.1) is 5.92 Å². The lowest BCUT2D eigenvalue weighted by atomic mass is 9.94. The van der Waals surface area contributed by atoms with Crippen molar-refractivity contribution in [2.24, 2.45) is 5.92 Å². The number of piperidine rings is 1. The summed E-state index contributed by atoms with van der Waals surface area (Å²) in [6.07, 6.45) is 2.18. The highest BCUT2D eigenvalue weighted by Gasteiger charge is 2.23. The van der Waals surface area contributed by atoms with Gasteiger partial charge in [-0.1, -0.05) is 6.92 Å². The molecule has 0 spiro atoms. The first-order chi connectivity index (χ1) is 8.63. The molecular weight excluding hydrogens is 232 g/mol. The maximum Gasteiger partial charge on any atom is 0.278 e. The quantitative estimate of drug-likeness (QED) is 0.579. The van der Waals surface area contributed by atoms with Gasteiger partial charge in [0.15, 0.2) is 11.2 Å². The molecule has 3 rings (SSSR count). The van der Waals surface area contributed by atoms with Gasteiger partial charge in [-0.15, -0.1) is 0 Å². The normalized spacial score (nSPS) is 24.5. The van der Waals surface area contributed by atoms with E-state index in [-0.39, 0.29) is 17.5 Å². The van der Waals surface area contributed by atoms with Gasteiger partial charge in [0.2, 0.25) is 5.95 Å². The van der Waals surface area contributed by atoms with Crippen molar-refractivity contribution >= 4 is 17.1 Å². The van der Waals surface area contributed by atoms with Gasteiger partial charge in [0, 0.05) is 0 Å². The summed E-state index contributed by atoms with van der Waals surface area (Å²) in [6.45, 7) is 3.19.